The van der Waals surface area contributed by atoms with Crippen molar-refractivity contribution in [2.75, 3.05) is 50.6 Å². The van der Waals surface area contributed by atoms with Crippen LogP contribution in [-0.2, 0) is 9.53 Å². The van der Waals surface area contributed by atoms with Crippen LogP contribution in [0.5, 0.6) is 0 Å². The summed E-state index contributed by atoms with van der Waals surface area (Å²) in [6.45, 7) is 7.48. The molecule has 2 amide bonds. The lowest BCUT2D eigenvalue weighted by Gasteiger charge is -2.34. The topological polar surface area (TPSA) is 73.9 Å². The molecule has 1 aliphatic heterocycles. The van der Waals surface area contributed by atoms with Crippen LogP contribution in [0, 0.1) is 5.92 Å². The van der Waals surface area contributed by atoms with Crippen LogP contribution >= 0.6 is 11.6 Å². The lowest BCUT2D eigenvalue weighted by Crippen LogP contribution is -2.46. The number of carbonyl (C=O) groups is 2. The molecular weight excluding hydrogens is 356 g/mol. The molecule has 0 saturated carbocycles. The van der Waals surface area contributed by atoms with Gasteiger partial charge in [-0.05, 0) is 31.2 Å². The van der Waals surface area contributed by atoms with Gasteiger partial charge in [-0.15, -0.1) is 0 Å². The number of hydrogen-bond acceptors (Lipinski definition) is 5. The summed E-state index contributed by atoms with van der Waals surface area (Å²) in [5.41, 5.74) is 1.53. The highest BCUT2D eigenvalue weighted by Crippen LogP contribution is 2.29. The average molecular weight is 383 g/mol. The van der Waals surface area contributed by atoms with E-state index in [1.807, 2.05) is 26.0 Å². The summed E-state index contributed by atoms with van der Waals surface area (Å²) < 4.78 is 4.72. The monoisotopic (exact) mass is 382 g/mol. The third-order valence-electron chi connectivity index (χ3n) is 4.46. The molecule has 1 unspecified atom stereocenters. The number of carbonyl (C=O) groups excluding carboxylic acids is 2. The van der Waals surface area contributed by atoms with Crippen molar-refractivity contribution in [1.82, 2.24) is 10.2 Å². The summed E-state index contributed by atoms with van der Waals surface area (Å²) in [6, 6.07) is 4.25. The highest BCUT2D eigenvalue weighted by atomic mass is 35.5. The summed E-state index contributed by atoms with van der Waals surface area (Å²) in [6.07, 6.45) is 0. The number of methoxy groups -OCH3 is 1. The summed E-state index contributed by atoms with van der Waals surface area (Å²) in [4.78, 5) is 28.4. The maximum Gasteiger partial charge on any atom is 0.328 e. The molecule has 0 spiro atoms. The number of nitrogens with one attached hydrogen (secondary N) is 2. The molecule has 1 aromatic rings. The maximum atomic E-state index is 12.2. The molecule has 0 aliphatic carbocycles. The molecule has 2 rings (SSSR count). The number of piperazine rings is 1. The highest BCUT2D eigenvalue weighted by Gasteiger charge is 2.25. The molecule has 8 heteroatoms. The molecule has 7 nitrogen and oxygen atoms in total. The van der Waals surface area contributed by atoms with Gasteiger partial charge in [-0.25, -0.2) is 9.59 Å². The third kappa shape index (κ3) is 5.25. The molecule has 0 bridgehead atoms. The highest BCUT2D eigenvalue weighted by molar-refractivity contribution is 6.33. The minimum atomic E-state index is -0.708. The number of urea groups is 1. The Bertz CT molecular complexity index is 645. The fourth-order valence-electron chi connectivity index (χ4n) is 2.82. The van der Waals surface area contributed by atoms with E-state index in [0.717, 1.165) is 31.9 Å². The van der Waals surface area contributed by atoms with Crippen molar-refractivity contribution in [3.05, 3.63) is 23.2 Å². The van der Waals surface area contributed by atoms with Crippen LogP contribution in [0.3, 0.4) is 0 Å². The lowest BCUT2D eigenvalue weighted by molar-refractivity contribution is -0.143. The van der Waals surface area contributed by atoms with Crippen LogP contribution in [0.2, 0.25) is 5.02 Å². The Kier molecular flexibility index (Phi) is 7.11. The Morgan fingerprint density at radius 2 is 1.85 bits per heavy atom. The van der Waals surface area contributed by atoms with Gasteiger partial charge < -0.3 is 25.2 Å². The summed E-state index contributed by atoms with van der Waals surface area (Å²) in [7, 11) is 3.40. The van der Waals surface area contributed by atoms with Crippen molar-refractivity contribution in [3.63, 3.8) is 0 Å². The maximum absolute atomic E-state index is 12.2. The van der Waals surface area contributed by atoms with Crippen LogP contribution in [0.1, 0.15) is 13.8 Å². The van der Waals surface area contributed by atoms with Crippen LogP contribution in [0.25, 0.3) is 0 Å². The Labute approximate surface area is 159 Å². The van der Waals surface area contributed by atoms with Crippen molar-refractivity contribution in [2.45, 2.75) is 19.9 Å². The Hall–Kier alpha value is -1.99. The number of esters is 1. The molecule has 1 aliphatic rings. The van der Waals surface area contributed by atoms with Crippen molar-refractivity contribution in [2.24, 2.45) is 5.92 Å². The summed E-state index contributed by atoms with van der Waals surface area (Å²) in [5, 5.41) is 5.93. The lowest BCUT2D eigenvalue weighted by atomic mass is 10.1. The van der Waals surface area contributed by atoms with Gasteiger partial charge >= 0.3 is 12.0 Å². The zero-order valence-corrected chi connectivity index (χ0v) is 16.5. The van der Waals surface area contributed by atoms with Crippen molar-refractivity contribution >= 4 is 35.0 Å². The molecule has 2 N–H and O–H groups in total. The first-order valence-corrected chi connectivity index (χ1v) is 9.08. The molecule has 1 aromatic carbocycles. The number of likely N-dealkylation sites (N-methyl/N-ethyl adjacent to an activating group) is 1. The number of ether oxygens (including phenoxy) is 1. The second-order valence-corrected chi connectivity index (χ2v) is 7.21. The number of amides is 2. The van der Waals surface area contributed by atoms with Crippen LogP contribution in [-0.4, -0.2) is 63.3 Å². The van der Waals surface area contributed by atoms with E-state index in [1.165, 1.54) is 7.11 Å². The average Bonchev–Trinajstić information content (AvgIpc) is 2.60. The smallest absolute Gasteiger partial charge is 0.328 e. The van der Waals surface area contributed by atoms with Gasteiger partial charge in [0.25, 0.3) is 0 Å². The molecule has 1 heterocycles. The van der Waals surface area contributed by atoms with Crippen molar-refractivity contribution < 1.29 is 14.3 Å². The van der Waals surface area contributed by atoms with Crippen molar-refractivity contribution in [3.8, 4) is 0 Å². The summed E-state index contributed by atoms with van der Waals surface area (Å²) in [5.74, 6) is -0.560. The molecule has 1 saturated heterocycles. The van der Waals surface area contributed by atoms with Crippen LogP contribution in [0.15, 0.2) is 18.2 Å². The largest absolute Gasteiger partial charge is 0.467 e. The number of halogens is 1. The number of hydrogen-bond donors (Lipinski definition) is 2. The second kappa shape index (κ2) is 9.09. The van der Waals surface area contributed by atoms with E-state index in [1.54, 1.807) is 6.07 Å². The predicted octanol–water partition coefficient (Wildman–Crippen LogP) is 2.41. The molecule has 1 atom stereocenters. The fourth-order valence-corrected chi connectivity index (χ4v) is 3.12. The van der Waals surface area contributed by atoms with E-state index < -0.39 is 18.0 Å². The molecule has 0 radical (unpaired) electrons. The first kappa shape index (κ1) is 20.3. The van der Waals surface area contributed by atoms with Crippen LogP contribution in [0.4, 0.5) is 16.2 Å². The van der Waals surface area contributed by atoms with E-state index in [9.17, 15) is 9.59 Å². The zero-order valence-electron chi connectivity index (χ0n) is 15.7. The second-order valence-electron chi connectivity index (χ2n) is 6.80. The van der Waals surface area contributed by atoms with Gasteiger partial charge in [0.2, 0.25) is 0 Å². The van der Waals surface area contributed by atoms with Gasteiger partial charge in [0.15, 0.2) is 0 Å². The molecule has 1 fully saturated rings. The van der Waals surface area contributed by atoms with Gasteiger partial charge in [0.1, 0.15) is 6.04 Å². The van der Waals surface area contributed by atoms with Gasteiger partial charge in [-0.1, -0.05) is 25.4 Å². The minimum absolute atomic E-state index is 0.0867. The SMILES string of the molecule is COC(=O)C(NC(=O)Nc1ccc(N2CCN(C)CC2)c(Cl)c1)C(C)C. The first-order valence-electron chi connectivity index (χ1n) is 8.70. The standard InChI is InChI=1S/C18H27ClN4O3/c1-12(2)16(17(24)26-4)21-18(25)20-13-5-6-15(14(19)11-13)23-9-7-22(3)8-10-23/h5-6,11-12,16H,7-10H2,1-4H3,(H2,20,21,25). The normalized spacial score (nSPS) is 16.3. The molecular formula is C18H27ClN4O3. The fraction of sp³-hybridized carbons (Fsp3) is 0.556. The van der Waals surface area contributed by atoms with E-state index >= 15 is 0 Å². The Balaban J connectivity index is 2.00. The van der Waals surface area contributed by atoms with Crippen molar-refractivity contribution in [1.29, 1.82) is 0 Å². The number of anilines is 2. The predicted molar refractivity (Wildman–Crippen MR) is 104 cm³/mol. The van der Waals surface area contributed by atoms with E-state index in [0.29, 0.717) is 10.7 Å². The van der Waals surface area contributed by atoms with E-state index in [-0.39, 0.29) is 5.92 Å². The van der Waals surface area contributed by atoms with Gasteiger partial charge in [-0.2, -0.15) is 0 Å². The van der Waals surface area contributed by atoms with Gasteiger partial charge in [-0.3, -0.25) is 0 Å². The Morgan fingerprint density at radius 3 is 2.38 bits per heavy atom. The number of rotatable bonds is 5. The molecule has 144 valence electrons. The minimum Gasteiger partial charge on any atom is -0.467 e. The molecule has 26 heavy (non-hydrogen) atoms. The summed E-state index contributed by atoms with van der Waals surface area (Å²) >= 11 is 6.41. The van der Waals surface area contributed by atoms with Gasteiger partial charge in [0, 0.05) is 31.9 Å². The zero-order chi connectivity index (χ0) is 19.3. The van der Waals surface area contributed by atoms with Crippen LogP contribution < -0.4 is 15.5 Å². The van der Waals surface area contributed by atoms with Gasteiger partial charge in [0.05, 0.1) is 17.8 Å². The molecule has 0 aromatic heterocycles. The Morgan fingerprint density at radius 1 is 1.19 bits per heavy atom. The first-order chi connectivity index (χ1) is 12.3. The van der Waals surface area contributed by atoms with E-state index in [2.05, 4.69) is 27.5 Å². The quantitative estimate of drug-likeness (QED) is 0.765. The number of nitrogens with zero attached hydrogens (tertiary/aromatic N) is 2. The number of benzene rings is 1. The van der Waals surface area contributed by atoms with E-state index in [4.69, 9.17) is 16.3 Å². The third-order valence-corrected chi connectivity index (χ3v) is 4.76.